The van der Waals surface area contributed by atoms with Crippen LogP contribution in [0.15, 0.2) is 59.6 Å². The molecule has 0 bridgehead atoms. The van der Waals surface area contributed by atoms with Gasteiger partial charge in [-0.05, 0) is 42.5 Å². The largest absolute Gasteiger partial charge is 0.438 e. The van der Waals surface area contributed by atoms with Gasteiger partial charge in [0.15, 0.2) is 0 Å². The molecule has 3 rings (SSSR count). The van der Waals surface area contributed by atoms with Crippen LogP contribution in [0.4, 0.5) is 36.4 Å². The molecule has 14 heteroatoms. The van der Waals surface area contributed by atoms with Crippen LogP contribution >= 0.6 is 0 Å². The molecule has 3 aromatic rings. The first-order chi connectivity index (χ1) is 16.1. The number of rotatable bonds is 5. The fraction of sp³-hybridized carbons (Fsp3) is 0.143. The summed E-state index contributed by atoms with van der Waals surface area (Å²) in [6, 6.07) is 6.76. The third-order valence-electron chi connectivity index (χ3n) is 4.42. The van der Waals surface area contributed by atoms with Crippen molar-refractivity contribution in [2.45, 2.75) is 17.2 Å². The minimum atomic E-state index is -5.09. The van der Waals surface area contributed by atoms with Gasteiger partial charge >= 0.3 is 12.4 Å². The number of alkyl halides is 6. The Balaban J connectivity index is 2.07. The molecule has 0 saturated carbocycles. The van der Waals surface area contributed by atoms with Gasteiger partial charge in [-0.25, -0.2) is 18.4 Å². The standard InChI is InChI=1S/C21H14F7N3O3S/c1-35(29,33)14-4-2-3-13(9-14)31-18(32)15-7-11(20(23,24)25)10-30-19(15)34-17-6-5-12(22)8-16(17)21(26,27)28/h2-10,29H,1H3,(H,31,32). The average Bonchev–Trinajstić information content (AvgIpc) is 2.73. The highest BCUT2D eigenvalue weighted by Gasteiger charge is 2.36. The Morgan fingerprint density at radius 3 is 2.31 bits per heavy atom. The number of pyridine rings is 1. The second kappa shape index (κ2) is 9.17. The van der Waals surface area contributed by atoms with Crippen LogP contribution in [0.2, 0.25) is 0 Å². The van der Waals surface area contributed by atoms with Crippen molar-refractivity contribution in [3.05, 3.63) is 77.2 Å². The Morgan fingerprint density at radius 1 is 1.03 bits per heavy atom. The van der Waals surface area contributed by atoms with E-state index in [-0.39, 0.29) is 22.8 Å². The predicted octanol–water partition coefficient (Wildman–Crippen LogP) is 6.34. The maximum Gasteiger partial charge on any atom is 0.420 e. The number of nitrogens with one attached hydrogen (secondary N) is 2. The molecule has 1 heterocycles. The molecule has 1 atom stereocenters. The number of hydrogen-bond acceptors (Lipinski definition) is 5. The highest BCUT2D eigenvalue weighted by molar-refractivity contribution is 7.91. The van der Waals surface area contributed by atoms with E-state index in [1.165, 1.54) is 18.2 Å². The van der Waals surface area contributed by atoms with Gasteiger partial charge in [-0.15, -0.1) is 0 Å². The van der Waals surface area contributed by atoms with Crippen molar-refractivity contribution in [3.8, 4) is 11.6 Å². The van der Waals surface area contributed by atoms with Gasteiger partial charge in [-0.2, -0.15) is 26.3 Å². The molecule has 1 aromatic heterocycles. The lowest BCUT2D eigenvalue weighted by atomic mass is 10.1. The third kappa shape index (κ3) is 6.26. The Bertz CT molecular complexity index is 1390. The lowest BCUT2D eigenvalue weighted by Crippen LogP contribution is -2.17. The molecular weight excluding hydrogens is 507 g/mol. The number of anilines is 1. The molecule has 0 saturated heterocycles. The predicted molar refractivity (Wildman–Crippen MR) is 110 cm³/mol. The van der Waals surface area contributed by atoms with Crippen LogP contribution in [-0.2, 0) is 22.1 Å². The molecule has 2 aromatic carbocycles. The highest BCUT2D eigenvalue weighted by Crippen LogP contribution is 2.39. The van der Waals surface area contributed by atoms with Crippen molar-refractivity contribution in [2.75, 3.05) is 11.6 Å². The van der Waals surface area contributed by atoms with Gasteiger partial charge in [-0.1, -0.05) is 6.07 Å². The second-order valence-corrected chi connectivity index (χ2v) is 9.30. The van der Waals surface area contributed by atoms with E-state index in [2.05, 4.69) is 10.3 Å². The smallest absolute Gasteiger partial charge is 0.420 e. The Hall–Kier alpha value is -3.68. The number of carbonyl (C=O) groups excluding carboxylic acids is 1. The van der Waals surface area contributed by atoms with E-state index in [0.717, 1.165) is 12.3 Å². The zero-order valence-corrected chi connectivity index (χ0v) is 18.2. The summed E-state index contributed by atoms with van der Waals surface area (Å²) < 4.78 is 117. The zero-order valence-electron chi connectivity index (χ0n) is 17.4. The minimum Gasteiger partial charge on any atom is -0.438 e. The number of aromatic nitrogens is 1. The summed E-state index contributed by atoms with van der Waals surface area (Å²) in [5.41, 5.74) is -3.91. The number of nitrogens with zero attached hydrogens (tertiary/aromatic N) is 1. The molecule has 186 valence electrons. The first-order valence-electron chi connectivity index (χ1n) is 9.33. The van der Waals surface area contributed by atoms with Gasteiger partial charge in [0.05, 0.1) is 15.3 Å². The Labute approximate surface area is 193 Å². The molecule has 0 aliphatic carbocycles. The highest BCUT2D eigenvalue weighted by atomic mass is 32.2. The van der Waals surface area contributed by atoms with Crippen molar-refractivity contribution in [3.63, 3.8) is 0 Å². The van der Waals surface area contributed by atoms with E-state index >= 15 is 0 Å². The number of halogens is 7. The van der Waals surface area contributed by atoms with Gasteiger partial charge in [0, 0.05) is 23.0 Å². The van der Waals surface area contributed by atoms with Crippen LogP contribution in [0, 0.1) is 10.6 Å². The first-order valence-corrected chi connectivity index (χ1v) is 11.3. The second-order valence-electron chi connectivity index (χ2n) is 7.14. The van der Waals surface area contributed by atoms with Crippen molar-refractivity contribution in [1.29, 1.82) is 4.78 Å². The van der Waals surface area contributed by atoms with Gasteiger partial charge < -0.3 is 10.1 Å². The van der Waals surface area contributed by atoms with E-state index in [0.29, 0.717) is 18.2 Å². The van der Waals surface area contributed by atoms with Crippen LogP contribution in [0.1, 0.15) is 21.5 Å². The lowest BCUT2D eigenvalue weighted by Gasteiger charge is -2.16. The van der Waals surface area contributed by atoms with Gasteiger partial charge in [-0.3, -0.25) is 4.79 Å². The summed E-state index contributed by atoms with van der Waals surface area (Å²) in [4.78, 5) is 16.2. The fourth-order valence-electron chi connectivity index (χ4n) is 2.78. The van der Waals surface area contributed by atoms with Crippen LogP contribution in [0.5, 0.6) is 11.6 Å². The molecule has 2 N–H and O–H groups in total. The van der Waals surface area contributed by atoms with E-state index in [4.69, 9.17) is 9.52 Å². The summed E-state index contributed by atoms with van der Waals surface area (Å²) in [6.45, 7) is 0. The van der Waals surface area contributed by atoms with Crippen LogP contribution < -0.4 is 10.1 Å². The fourth-order valence-corrected chi connectivity index (χ4v) is 3.47. The van der Waals surface area contributed by atoms with Crippen molar-refractivity contribution in [2.24, 2.45) is 0 Å². The quantitative estimate of drug-likeness (QED) is 0.384. The van der Waals surface area contributed by atoms with Crippen molar-refractivity contribution >= 4 is 21.3 Å². The van der Waals surface area contributed by atoms with Gasteiger partial charge in [0.1, 0.15) is 22.7 Å². The van der Waals surface area contributed by atoms with E-state index < -0.39 is 62.1 Å². The van der Waals surface area contributed by atoms with Crippen molar-refractivity contribution in [1.82, 2.24) is 4.98 Å². The zero-order chi connectivity index (χ0) is 26.2. The third-order valence-corrected chi connectivity index (χ3v) is 5.57. The molecular formula is C21H14F7N3O3S. The van der Waals surface area contributed by atoms with Gasteiger partial charge in [0.2, 0.25) is 5.88 Å². The summed E-state index contributed by atoms with van der Waals surface area (Å²) in [6.07, 6.45) is -8.67. The lowest BCUT2D eigenvalue weighted by molar-refractivity contribution is -0.139. The molecule has 0 radical (unpaired) electrons. The number of ether oxygens (including phenoxy) is 1. The molecule has 0 spiro atoms. The van der Waals surface area contributed by atoms with E-state index in [1.54, 1.807) is 0 Å². The molecule has 0 fully saturated rings. The summed E-state index contributed by atoms with van der Waals surface area (Å²) in [7, 11) is -3.20. The maximum atomic E-state index is 13.4. The molecule has 1 amide bonds. The molecule has 6 nitrogen and oxygen atoms in total. The normalized spacial score (nSPS) is 13.7. The number of carbonyl (C=O) groups is 1. The molecule has 0 aliphatic rings. The average molecular weight is 521 g/mol. The van der Waals surface area contributed by atoms with Crippen LogP contribution in [0.3, 0.4) is 0 Å². The monoisotopic (exact) mass is 521 g/mol. The number of benzene rings is 2. The summed E-state index contributed by atoms with van der Waals surface area (Å²) in [5.74, 6) is -4.41. The topological polar surface area (TPSA) is 92.1 Å². The molecule has 0 aliphatic heterocycles. The van der Waals surface area contributed by atoms with Crippen molar-refractivity contribution < 1.29 is 44.5 Å². The SMILES string of the molecule is CS(=N)(=O)c1cccc(NC(=O)c2cc(C(F)(F)F)cnc2Oc2ccc(F)cc2C(F)(F)F)c1. The summed E-state index contributed by atoms with van der Waals surface area (Å²) in [5, 5.41) is 2.21. The number of hydrogen-bond donors (Lipinski definition) is 2. The van der Waals surface area contributed by atoms with E-state index in [1.807, 2.05) is 0 Å². The van der Waals surface area contributed by atoms with Gasteiger partial charge in [0.25, 0.3) is 5.91 Å². The number of amides is 1. The first kappa shape index (κ1) is 25.9. The minimum absolute atomic E-state index is 0.00933. The molecule has 35 heavy (non-hydrogen) atoms. The van der Waals surface area contributed by atoms with Crippen LogP contribution in [-0.4, -0.2) is 21.4 Å². The maximum absolute atomic E-state index is 13.4. The Morgan fingerprint density at radius 2 is 1.71 bits per heavy atom. The summed E-state index contributed by atoms with van der Waals surface area (Å²) >= 11 is 0. The van der Waals surface area contributed by atoms with Crippen LogP contribution in [0.25, 0.3) is 0 Å². The molecule has 1 unspecified atom stereocenters. The Kier molecular flexibility index (Phi) is 6.79. The van der Waals surface area contributed by atoms with E-state index in [9.17, 15) is 39.7 Å².